The molecule has 2 heteroatoms. The minimum absolute atomic E-state index is 0.0302. The van der Waals surface area contributed by atoms with Gasteiger partial charge in [-0.25, -0.2) is 0 Å². The molecule has 0 aromatic heterocycles. The van der Waals surface area contributed by atoms with Crippen molar-refractivity contribution in [2.24, 2.45) is 0 Å². The Morgan fingerprint density at radius 2 is 1.91 bits per heavy atom. The minimum Gasteiger partial charge on any atom is -0.462 e. The Hall–Kier alpha value is -1.83. The van der Waals surface area contributed by atoms with E-state index in [-0.39, 0.29) is 12.1 Å². The van der Waals surface area contributed by atoms with Crippen molar-refractivity contribution < 1.29 is 9.53 Å². The summed E-state index contributed by atoms with van der Waals surface area (Å²) in [5, 5.41) is 2.62. The van der Waals surface area contributed by atoms with Crippen molar-refractivity contribution in [1.29, 1.82) is 0 Å². The first-order valence-corrected chi connectivity index (χ1v) is 8.88. The lowest BCUT2D eigenvalue weighted by Gasteiger charge is -2.33. The maximum atomic E-state index is 11.5. The fourth-order valence-corrected chi connectivity index (χ4v) is 4.05. The number of aryl methyl sites for hydroxylation is 1. The molecule has 2 nitrogen and oxygen atoms in total. The molecule has 0 N–H and O–H groups in total. The summed E-state index contributed by atoms with van der Waals surface area (Å²) in [4.78, 5) is 11.5. The quantitative estimate of drug-likeness (QED) is 0.708. The van der Waals surface area contributed by atoms with Crippen molar-refractivity contribution in [3.05, 3.63) is 47.5 Å². The molecule has 23 heavy (non-hydrogen) atoms. The molecule has 1 aliphatic rings. The number of carbonyl (C=O) groups excluding carboxylic acids is 1. The van der Waals surface area contributed by atoms with E-state index in [2.05, 4.69) is 43.3 Å². The predicted molar refractivity (Wildman–Crippen MR) is 94.7 cm³/mol. The summed E-state index contributed by atoms with van der Waals surface area (Å²) < 4.78 is 5.70. The first-order valence-electron chi connectivity index (χ1n) is 8.88. The van der Waals surface area contributed by atoms with E-state index in [1.54, 1.807) is 0 Å². The molecular weight excluding hydrogens is 284 g/mol. The van der Waals surface area contributed by atoms with E-state index in [4.69, 9.17) is 4.74 Å². The number of fused-ring (bicyclic) bond motifs is 1. The van der Waals surface area contributed by atoms with Gasteiger partial charge in [-0.1, -0.05) is 56.2 Å². The van der Waals surface area contributed by atoms with Gasteiger partial charge in [0.2, 0.25) is 0 Å². The lowest BCUT2D eigenvalue weighted by molar-refractivity contribution is -0.148. The van der Waals surface area contributed by atoms with Crippen LogP contribution in [0.2, 0.25) is 0 Å². The third-order valence-electron chi connectivity index (χ3n) is 4.97. The number of hydrogen-bond donors (Lipinski definition) is 0. The summed E-state index contributed by atoms with van der Waals surface area (Å²) >= 11 is 0. The Morgan fingerprint density at radius 3 is 2.70 bits per heavy atom. The van der Waals surface area contributed by atoms with Gasteiger partial charge in [0.25, 0.3) is 0 Å². The Balaban J connectivity index is 2.10. The largest absolute Gasteiger partial charge is 0.462 e. The maximum Gasteiger partial charge on any atom is 0.302 e. The van der Waals surface area contributed by atoms with Crippen LogP contribution in [0.4, 0.5) is 0 Å². The molecule has 0 radical (unpaired) electrons. The first-order chi connectivity index (χ1) is 11.2. The average molecular weight is 310 g/mol. The van der Waals surface area contributed by atoms with Gasteiger partial charge in [0.1, 0.15) is 6.10 Å². The minimum atomic E-state index is -0.154. The molecule has 2 aromatic carbocycles. The van der Waals surface area contributed by atoms with Crippen LogP contribution in [0.3, 0.4) is 0 Å². The van der Waals surface area contributed by atoms with Crippen molar-refractivity contribution in [2.75, 3.05) is 0 Å². The molecule has 1 aliphatic carbocycles. The second-order valence-corrected chi connectivity index (χ2v) is 6.65. The fraction of sp³-hybridized carbons (Fsp3) is 0.476. The van der Waals surface area contributed by atoms with Crippen LogP contribution in [0, 0.1) is 0 Å². The molecule has 2 atom stereocenters. The average Bonchev–Trinajstić information content (AvgIpc) is 2.55. The van der Waals surface area contributed by atoms with E-state index < -0.39 is 0 Å². The SMILES string of the molecule is CCCc1ccc2ccccc2c1[C@H]1CCCC[C@H]1OC(C)=O. The summed E-state index contributed by atoms with van der Waals surface area (Å²) in [7, 11) is 0. The smallest absolute Gasteiger partial charge is 0.302 e. The van der Waals surface area contributed by atoms with E-state index >= 15 is 0 Å². The summed E-state index contributed by atoms with van der Waals surface area (Å²) in [6.45, 7) is 3.76. The zero-order valence-electron chi connectivity index (χ0n) is 14.2. The van der Waals surface area contributed by atoms with E-state index in [1.165, 1.54) is 35.2 Å². The number of rotatable bonds is 4. The van der Waals surface area contributed by atoms with Crippen LogP contribution in [-0.2, 0) is 16.0 Å². The van der Waals surface area contributed by atoms with Gasteiger partial charge in [0, 0.05) is 12.8 Å². The van der Waals surface area contributed by atoms with Crippen molar-refractivity contribution >= 4 is 16.7 Å². The predicted octanol–water partition coefficient (Wildman–Crippen LogP) is 5.38. The van der Waals surface area contributed by atoms with Gasteiger partial charge in [-0.05, 0) is 47.6 Å². The number of hydrogen-bond acceptors (Lipinski definition) is 2. The molecule has 0 spiro atoms. The van der Waals surface area contributed by atoms with Crippen LogP contribution in [0.5, 0.6) is 0 Å². The Labute approximate surface area is 138 Å². The standard InChI is InChI=1S/C21H26O2/c1-3-8-17-14-13-16-9-4-5-10-18(16)21(17)19-11-6-7-12-20(19)23-15(2)22/h4-5,9-10,13-14,19-20H,3,6-8,11-12H2,1-2H3/t19-,20+/m0/s1. The highest BCUT2D eigenvalue weighted by Gasteiger charge is 2.31. The van der Waals surface area contributed by atoms with Crippen molar-refractivity contribution in [3.8, 4) is 0 Å². The van der Waals surface area contributed by atoms with Crippen LogP contribution in [0.15, 0.2) is 36.4 Å². The molecule has 0 aliphatic heterocycles. The van der Waals surface area contributed by atoms with E-state index in [1.807, 2.05) is 0 Å². The molecule has 1 saturated carbocycles. The van der Waals surface area contributed by atoms with E-state index in [0.717, 1.165) is 32.1 Å². The molecule has 0 unspecified atom stereocenters. The van der Waals surface area contributed by atoms with Gasteiger partial charge < -0.3 is 4.74 Å². The highest BCUT2D eigenvalue weighted by molar-refractivity contribution is 5.87. The van der Waals surface area contributed by atoms with Gasteiger partial charge in [0.05, 0.1) is 0 Å². The van der Waals surface area contributed by atoms with Crippen LogP contribution >= 0.6 is 0 Å². The second-order valence-electron chi connectivity index (χ2n) is 6.65. The molecule has 0 amide bonds. The monoisotopic (exact) mass is 310 g/mol. The number of carbonyl (C=O) groups is 1. The Bertz CT molecular complexity index is 689. The Morgan fingerprint density at radius 1 is 1.13 bits per heavy atom. The maximum absolute atomic E-state index is 11.5. The summed E-state index contributed by atoms with van der Waals surface area (Å²) in [6.07, 6.45) is 6.73. The lowest BCUT2D eigenvalue weighted by atomic mass is 9.77. The fourth-order valence-electron chi connectivity index (χ4n) is 4.05. The highest BCUT2D eigenvalue weighted by atomic mass is 16.5. The van der Waals surface area contributed by atoms with Crippen molar-refractivity contribution in [3.63, 3.8) is 0 Å². The molecule has 3 rings (SSSR count). The van der Waals surface area contributed by atoms with Crippen LogP contribution in [0.1, 0.15) is 63.0 Å². The lowest BCUT2D eigenvalue weighted by Crippen LogP contribution is -2.28. The highest BCUT2D eigenvalue weighted by Crippen LogP contribution is 2.40. The van der Waals surface area contributed by atoms with Gasteiger partial charge in [-0.15, -0.1) is 0 Å². The normalized spacial score (nSPS) is 21.3. The molecular formula is C21H26O2. The number of esters is 1. The molecule has 1 fully saturated rings. The number of benzene rings is 2. The van der Waals surface area contributed by atoms with Crippen LogP contribution in [-0.4, -0.2) is 12.1 Å². The summed E-state index contributed by atoms with van der Waals surface area (Å²) in [6, 6.07) is 13.1. The van der Waals surface area contributed by atoms with Crippen LogP contribution in [0.25, 0.3) is 10.8 Å². The zero-order chi connectivity index (χ0) is 16.2. The topological polar surface area (TPSA) is 26.3 Å². The first kappa shape index (κ1) is 16.0. The van der Waals surface area contributed by atoms with Gasteiger partial charge in [-0.3, -0.25) is 4.79 Å². The molecule has 122 valence electrons. The third kappa shape index (κ3) is 3.41. The Kier molecular flexibility index (Phi) is 5.00. The molecule has 0 bridgehead atoms. The van der Waals surface area contributed by atoms with E-state index in [0.29, 0.717) is 5.92 Å². The molecule has 0 saturated heterocycles. The number of ether oxygens (including phenoxy) is 1. The van der Waals surface area contributed by atoms with Gasteiger partial charge in [-0.2, -0.15) is 0 Å². The third-order valence-corrected chi connectivity index (χ3v) is 4.97. The van der Waals surface area contributed by atoms with E-state index in [9.17, 15) is 4.79 Å². The zero-order valence-corrected chi connectivity index (χ0v) is 14.2. The molecule has 0 heterocycles. The summed E-state index contributed by atoms with van der Waals surface area (Å²) in [5.41, 5.74) is 2.85. The van der Waals surface area contributed by atoms with Gasteiger partial charge in [0.15, 0.2) is 0 Å². The second kappa shape index (κ2) is 7.16. The summed E-state index contributed by atoms with van der Waals surface area (Å²) in [5.74, 6) is 0.180. The van der Waals surface area contributed by atoms with Gasteiger partial charge >= 0.3 is 5.97 Å². The van der Waals surface area contributed by atoms with Crippen molar-refractivity contribution in [1.82, 2.24) is 0 Å². The molecule has 2 aromatic rings. The van der Waals surface area contributed by atoms with Crippen LogP contribution < -0.4 is 0 Å². The van der Waals surface area contributed by atoms with Crippen molar-refractivity contribution in [2.45, 2.75) is 64.4 Å².